The molecular formula is C23H24N2O5. The van der Waals surface area contributed by atoms with Crippen LogP contribution in [0.15, 0.2) is 65.5 Å². The Bertz CT molecular complexity index is 1030. The van der Waals surface area contributed by atoms with Crippen LogP contribution in [0, 0.1) is 0 Å². The van der Waals surface area contributed by atoms with Crippen LogP contribution in [0.1, 0.15) is 17.3 Å². The monoisotopic (exact) mass is 408 g/mol. The molecule has 0 saturated heterocycles. The second kappa shape index (κ2) is 10.5. The van der Waals surface area contributed by atoms with Gasteiger partial charge >= 0.3 is 5.97 Å². The Labute approximate surface area is 174 Å². The van der Waals surface area contributed by atoms with Crippen LogP contribution in [0.25, 0.3) is 22.4 Å². The van der Waals surface area contributed by atoms with E-state index < -0.39 is 11.5 Å². The van der Waals surface area contributed by atoms with Gasteiger partial charge in [-0.05, 0) is 12.5 Å². The Kier molecular flexibility index (Phi) is 7.48. The Morgan fingerprint density at radius 1 is 1.00 bits per heavy atom. The fourth-order valence-electron chi connectivity index (χ4n) is 3.12. The van der Waals surface area contributed by atoms with Crippen LogP contribution in [-0.2, 0) is 16.0 Å². The first kappa shape index (κ1) is 21.4. The highest BCUT2D eigenvalue weighted by molar-refractivity contribution is 6.00. The van der Waals surface area contributed by atoms with E-state index in [4.69, 9.17) is 14.6 Å². The van der Waals surface area contributed by atoms with Gasteiger partial charge in [-0.1, -0.05) is 60.7 Å². The van der Waals surface area contributed by atoms with Crippen LogP contribution in [-0.4, -0.2) is 47.3 Å². The number of aliphatic hydroxyl groups excluding tert-OH is 1. The molecule has 0 aliphatic rings. The Balaban J connectivity index is 2.25. The lowest BCUT2D eigenvalue weighted by Crippen LogP contribution is -2.32. The van der Waals surface area contributed by atoms with Crippen molar-refractivity contribution in [1.82, 2.24) is 9.78 Å². The van der Waals surface area contributed by atoms with Crippen LogP contribution in [0.2, 0.25) is 0 Å². The summed E-state index contributed by atoms with van der Waals surface area (Å²) in [5.41, 5.74) is 1.82. The van der Waals surface area contributed by atoms with Crippen LogP contribution < -0.4 is 5.56 Å². The summed E-state index contributed by atoms with van der Waals surface area (Å²) < 4.78 is 11.7. The maximum Gasteiger partial charge on any atom is 0.344 e. The number of hydrogen-bond donors (Lipinski definition) is 1. The number of esters is 1. The molecule has 7 heteroatoms. The van der Waals surface area contributed by atoms with Crippen molar-refractivity contribution in [2.24, 2.45) is 0 Å². The standard InChI is InChI=1S/C23H24N2O5/c1-2-30-23(28)20-19(17-9-5-3-6-10-17)21(18-11-7-4-8-12-18)24-25(22(20)27)13-15-29-16-14-26/h3-12,26H,2,13-16H2,1H3. The maximum atomic E-state index is 13.2. The molecule has 0 spiro atoms. The van der Waals surface area contributed by atoms with Crippen molar-refractivity contribution >= 4 is 5.97 Å². The van der Waals surface area contributed by atoms with Crippen molar-refractivity contribution in [1.29, 1.82) is 0 Å². The fraction of sp³-hybridized carbons (Fsp3) is 0.261. The van der Waals surface area contributed by atoms with E-state index >= 15 is 0 Å². The van der Waals surface area contributed by atoms with Crippen molar-refractivity contribution in [3.05, 3.63) is 76.6 Å². The minimum absolute atomic E-state index is 0.0564. The molecule has 3 rings (SSSR count). The normalized spacial score (nSPS) is 10.7. The number of ether oxygens (including phenoxy) is 2. The van der Waals surface area contributed by atoms with Gasteiger partial charge in [0.05, 0.1) is 38.7 Å². The van der Waals surface area contributed by atoms with Gasteiger partial charge in [0.1, 0.15) is 5.56 Å². The number of aliphatic hydroxyl groups is 1. The summed E-state index contributed by atoms with van der Waals surface area (Å²) >= 11 is 0. The van der Waals surface area contributed by atoms with Crippen molar-refractivity contribution in [2.45, 2.75) is 13.5 Å². The highest BCUT2D eigenvalue weighted by Crippen LogP contribution is 2.32. The van der Waals surface area contributed by atoms with Gasteiger partial charge in [-0.15, -0.1) is 0 Å². The van der Waals surface area contributed by atoms with Crippen LogP contribution in [0.4, 0.5) is 0 Å². The van der Waals surface area contributed by atoms with E-state index in [1.165, 1.54) is 4.68 Å². The van der Waals surface area contributed by atoms with E-state index in [9.17, 15) is 9.59 Å². The molecule has 0 saturated carbocycles. The van der Waals surface area contributed by atoms with Crippen molar-refractivity contribution in [3.63, 3.8) is 0 Å². The van der Waals surface area contributed by atoms with E-state index in [0.29, 0.717) is 16.8 Å². The number of aromatic nitrogens is 2. The topological polar surface area (TPSA) is 90.7 Å². The molecule has 0 aliphatic heterocycles. The lowest BCUT2D eigenvalue weighted by Gasteiger charge is -2.17. The van der Waals surface area contributed by atoms with E-state index in [0.717, 1.165) is 5.56 Å². The lowest BCUT2D eigenvalue weighted by molar-refractivity contribution is 0.0522. The molecule has 0 unspecified atom stereocenters. The molecule has 1 heterocycles. The molecule has 30 heavy (non-hydrogen) atoms. The third-order valence-electron chi connectivity index (χ3n) is 4.43. The molecule has 0 bridgehead atoms. The van der Waals surface area contributed by atoms with Gasteiger partial charge in [-0.3, -0.25) is 4.79 Å². The van der Waals surface area contributed by atoms with Gasteiger partial charge in [0.2, 0.25) is 0 Å². The molecule has 0 fully saturated rings. The highest BCUT2D eigenvalue weighted by Gasteiger charge is 2.26. The smallest absolute Gasteiger partial charge is 0.344 e. The molecule has 1 aromatic heterocycles. The molecule has 0 atom stereocenters. The Morgan fingerprint density at radius 3 is 2.23 bits per heavy atom. The summed E-state index contributed by atoms with van der Waals surface area (Å²) in [5, 5.41) is 13.5. The first-order chi connectivity index (χ1) is 14.7. The number of benzene rings is 2. The number of carbonyl (C=O) groups excluding carboxylic acids is 1. The average molecular weight is 408 g/mol. The SMILES string of the molecule is CCOC(=O)c1c(-c2ccccc2)c(-c2ccccc2)nn(CCOCCO)c1=O. The predicted molar refractivity (Wildman–Crippen MR) is 113 cm³/mol. The summed E-state index contributed by atoms with van der Waals surface area (Å²) in [4.78, 5) is 26.1. The van der Waals surface area contributed by atoms with E-state index in [2.05, 4.69) is 5.10 Å². The molecule has 3 aromatic rings. The van der Waals surface area contributed by atoms with Crippen LogP contribution in [0.5, 0.6) is 0 Å². The van der Waals surface area contributed by atoms with Gasteiger partial charge in [0.25, 0.3) is 5.56 Å². The van der Waals surface area contributed by atoms with Crippen LogP contribution >= 0.6 is 0 Å². The van der Waals surface area contributed by atoms with E-state index in [1.54, 1.807) is 6.92 Å². The number of rotatable bonds is 9. The maximum absolute atomic E-state index is 13.2. The second-order valence-corrected chi connectivity index (χ2v) is 6.42. The lowest BCUT2D eigenvalue weighted by atomic mass is 9.95. The minimum Gasteiger partial charge on any atom is -0.462 e. The number of carbonyl (C=O) groups is 1. The zero-order chi connectivity index (χ0) is 21.3. The molecule has 2 aromatic carbocycles. The first-order valence-corrected chi connectivity index (χ1v) is 9.79. The highest BCUT2D eigenvalue weighted by atomic mass is 16.5. The summed E-state index contributed by atoms with van der Waals surface area (Å²) in [6, 6.07) is 18.6. The van der Waals surface area contributed by atoms with E-state index in [1.807, 2.05) is 60.7 Å². The zero-order valence-electron chi connectivity index (χ0n) is 16.8. The average Bonchev–Trinajstić information content (AvgIpc) is 2.78. The third-order valence-corrected chi connectivity index (χ3v) is 4.43. The van der Waals surface area contributed by atoms with Gasteiger partial charge in [0.15, 0.2) is 0 Å². The summed E-state index contributed by atoms with van der Waals surface area (Å²) in [6.07, 6.45) is 0. The van der Waals surface area contributed by atoms with Crippen molar-refractivity contribution in [3.8, 4) is 22.4 Å². The quantitative estimate of drug-likeness (QED) is 0.433. The number of nitrogens with zero attached hydrogens (tertiary/aromatic N) is 2. The molecular weight excluding hydrogens is 384 g/mol. The molecule has 156 valence electrons. The number of hydrogen-bond acceptors (Lipinski definition) is 6. The Hall–Kier alpha value is -3.29. The summed E-state index contributed by atoms with van der Waals surface area (Å²) in [6.45, 7) is 2.20. The van der Waals surface area contributed by atoms with Gasteiger partial charge in [-0.2, -0.15) is 5.10 Å². The molecule has 1 N–H and O–H groups in total. The van der Waals surface area contributed by atoms with Crippen molar-refractivity contribution in [2.75, 3.05) is 26.4 Å². The molecule has 0 amide bonds. The van der Waals surface area contributed by atoms with Crippen molar-refractivity contribution < 1.29 is 19.4 Å². The summed E-state index contributed by atoms with van der Waals surface area (Å²) in [7, 11) is 0. The van der Waals surface area contributed by atoms with Gasteiger partial charge in [-0.25, -0.2) is 9.48 Å². The molecule has 7 nitrogen and oxygen atoms in total. The van der Waals surface area contributed by atoms with Gasteiger partial charge < -0.3 is 14.6 Å². The Morgan fingerprint density at radius 2 is 1.63 bits per heavy atom. The van der Waals surface area contributed by atoms with Gasteiger partial charge in [0, 0.05) is 11.1 Å². The minimum atomic E-state index is -0.689. The first-order valence-electron chi connectivity index (χ1n) is 9.79. The zero-order valence-corrected chi connectivity index (χ0v) is 16.8. The predicted octanol–water partition coefficient (Wildman–Crippen LogP) is 2.76. The largest absolute Gasteiger partial charge is 0.462 e. The third kappa shape index (κ3) is 4.82. The van der Waals surface area contributed by atoms with E-state index in [-0.39, 0.29) is 38.5 Å². The van der Waals surface area contributed by atoms with Crippen LogP contribution in [0.3, 0.4) is 0 Å². The molecule has 0 radical (unpaired) electrons. The second-order valence-electron chi connectivity index (χ2n) is 6.42. The fourth-order valence-corrected chi connectivity index (χ4v) is 3.12. The molecule has 0 aliphatic carbocycles. The summed E-state index contributed by atoms with van der Waals surface area (Å²) in [5.74, 6) is -0.689.